The van der Waals surface area contributed by atoms with Gasteiger partial charge in [-0.25, -0.2) is 0 Å². The van der Waals surface area contributed by atoms with Crippen LogP contribution in [0.4, 0.5) is 0 Å². The van der Waals surface area contributed by atoms with Crippen LogP contribution in [-0.4, -0.2) is 0 Å². The third-order valence-electron chi connectivity index (χ3n) is 1.90. The lowest BCUT2D eigenvalue weighted by Crippen LogP contribution is -1.98. The van der Waals surface area contributed by atoms with Crippen molar-refractivity contribution in [3.8, 4) is 0 Å². The minimum absolute atomic E-state index is 0.714. The Kier molecular flexibility index (Phi) is 2.70. The maximum Gasteiger partial charge on any atom is -0.0216 e. The zero-order chi connectivity index (χ0) is 8.27. The van der Waals surface area contributed by atoms with Crippen LogP contribution in [0.1, 0.15) is 27.2 Å². The third kappa shape index (κ3) is 2.38. The standard InChI is InChI=1S/C11H16/c1-4-5-11-7-9(2)6-10(3)8-11/h4-7,10H,8H2,1-3H3/b5-4-. The Morgan fingerprint density at radius 3 is 2.82 bits per heavy atom. The highest BCUT2D eigenvalue weighted by Crippen LogP contribution is 2.22. The predicted molar refractivity (Wildman–Crippen MR) is 50.4 cm³/mol. The molecule has 0 heterocycles. The van der Waals surface area contributed by atoms with Gasteiger partial charge in [-0.3, -0.25) is 0 Å². The highest BCUT2D eigenvalue weighted by Gasteiger charge is 2.05. The summed E-state index contributed by atoms with van der Waals surface area (Å²) < 4.78 is 0. The number of hydrogen-bond acceptors (Lipinski definition) is 0. The maximum atomic E-state index is 2.33. The Morgan fingerprint density at radius 2 is 2.27 bits per heavy atom. The van der Waals surface area contributed by atoms with E-state index in [4.69, 9.17) is 0 Å². The molecule has 0 N–H and O–H groups in total. The van der Waals surface area contributed by atoms with Crippen molar-refractivity contribution in [3.63, 3.8) is 0 Å². The molecule has 0 amide bonds. The first-order chi connectivity index (χ1) is 5.22. The Bertz CT molecular complexity index is 216. The fraction of sp³-hybridized carbons (Fsp3) is 0.455. The van der Waals surface area contributed by atoms with E-state index in [-0.39, 0.29) is 0 Å². The van der Waals surface area contributed by atoms with E-state index in [1.54, 1.807) is 0 Å². The van der Waals surface area contributed by atoms with Gasteiger partial charge >= 0.3 is 0 Å². The lowest BCUT2D eigenvalue weighted by Gasteiger charge is -2.14. The van der Waals surface area contributed by atoms with E-state index in [1.165, 1.54) is 17.6 Å². The van der Waals surface area contributed by atoms with Crippen molar-refractivity contribution >= 4 is 0 Å². The lowest BCUT2D eigenvalue weighted by molar-refractivity contribution is 0.710. The quantitative estimate of drug-likeness (QED) is 0.534. The van der Waals surface area contributed by atoms with E-state index in [1.807, 2.05) is 0 Å². The van der Waals surface area contributed by atoms with Crippen molar-refractivity contribution in [2.75, 3.05) is 0 Å². The van der Waals surface area contributed by atoms with Crippen LogP contribution in [0.5, 0.6) is 0 Å². The summed E-state index contributed by atoms with van der Waals surface area (Å²) in [5.74, 6) is 0.714. The largest absolute Gasteiger partial charge is 0.0874 e. The van der Waals surface area contributed by atoms with Crippen LogP contribution in [0.25, 0.3) is 0 Å². The zero-order valence-corrected chi connectivity index (χ0v) is 7.59. The number of rotatable bonds is 1. The molecule has 0 nitrogen and oxygen atoms in total. The molecule has 0 fully saturated rings. The van der Waals surface area contributed by atoms with Crippen LogP contribution in [-0.2, 0) is 0 Å². The van der Waals surface area contributed by atoms with Gasteiger partial charge in [0.2, 0.25) is 0 Å². The van der Waals surface area contributed by atoms with Crippen molar-refractivity contribution in [3.05, 3.63) is 35.5 Å². The molecule has 0 heteroatoms. The van der Waals surface area contributed by atoms with Gasteiger partial charge in [0.1, 0.15) is 0 Å². The van der Waals surface area contributed by atoms with Gasteiger partial charge in [-0.2, -0.15) is 0 Å². The number of allylic oxidation sites excluding steroid dienone is 6. The van der Waals surface area contributed by atoms with E-state index in [0.29, 0.717) is 5.92 Å². The van der Waals surface area contributed by atoms with Crippen LogP contribution >= 0.6 is 0 Å². The average Bonchev–Trinajstić information content (AvgIpc) is 1.85. The molecule has 0 bridgehead atoms. The first-order valence-electron chi connectivity index (χ1n) is 4.24. The normalized spacial score (nSPS) is 25.2. The molecule has 1 atom stereocenters. The third-order valence-corrected chi connectivity index (χ3v) is 1.90. The van der Waals surface area contributed by atoms with Crippen molar-refractivity contribution in [2.45, 2.75) is 27.2 Å². The van der Waals surface area contributed by atoms with Crippen molar-refractivity contribution < 1.29 is 0 Å². The minimum Gasteiger partial charge on any atom is -0.0874 e. The summed E-state index contributed by atoms with van der Waals surface area (Å²) in [4.78, 5) is 0. The first kappa shape index (κ1) is 8.32. The molecule has 1 aliphatic rings. The molecule has 0 aliphatic heterocycles. The van der Waals surface area contributed by atoms with Gasteiger partial charge in [0.05, 0.1) is 0 Å². The van der Waals surface area contributed by atoms with Gasteiger partial charge in [-0.05, 0) is 31.8 Å². The smallest absolute Gasteiger partial charge is 0.0216 e. The fourth-order valence-electron chi connectivity index (χ4n) is 1.61. The first-order valence-corrected chi connectivity index (χ1v) is 4.24. The van der Waals surface area contributed by atoms with Gasteiger partial charge in [-0.1, -0.05) is 36.8 Å². The predicted octanol–water partition coefficient (Wildman–Crippen LogP) is 3.48. The highest BCUT2D eigenvalue weighted by atomic mass is 14.1. The molecule has 0 aromatic heterocycles. The van der Waals surface area contributed by atoms with Gasteiger partial charge in [0, 0.05) is 0 Å². The molecule has 0 saturated carbocycles. The Morgan fingerprint density at radius 1 is 1.55 bits per heavy atom. The zero-order valence-electron chi connectivity index (χ0n) is 7.59. The summed E-state index contributed by atoms with van der Waals surface area (Å²) in [6.07, 6.45) is 10.1. The molecule has 60 valence electrons. The van der Waals surface area contributed by atoms with Crippen molar-refractivity contribution in [1.82, 2.24) is 0 Å². The lowest BCUT2D eigenvalue weighted by atomic mass is 9.92. The van der Waals surface area contributed by atoms with Gasteiger partial charge in [0.25, 0.3) is 0 Å². The summed E-state index contributed by atoms with van der Waals surface area (Å²) in [6.45, 7) is 6.50. The van der Waals surface area contributed by atoms with Crippen LogP contribution in [0, 0.1) is 5.92 Å². The average molecular weight is 148 g/mol. The molecule has 1 aliphatic carbocycles. The summed E-state index contributed by atoms with van der Waals surface area (Å²) in [7, 11) is 0. The van der Waals surface area contributed by atoms with Gasteiger partial charge < -0.3 is 0 Å². The molecule has 0 saturated heterocycles. The van der Waals surface area contributed by atoms with Crippen LogP contribution < -0.4 is 0 Å². The molecule has 11 heavy (non-hydrogen) atoms. The van der Waals surface area contributed by atoms with Crippen LogP contribution in [0.15, 0.2) is 35.5 Å². The fourth-order valence-corrected chi connectivity index (χ4v) is 1.61. The molecule has 0 spiro atoms. The maximum absolute atomic E-state index is 2.33. The topological polar surface area (TPSA) is 0 Å². The Balaban J connectivity index is 2.75. The second-order valence-corrected chi connectivity index (χ2v) is 3.31. The van der Waals surface area contributed by atoms with Crippen LogP contribution in [0.3, 0.4) is 0 Å². The Labute approximate surface area is 69.3 Å². The van der Waals surface area contributed by atoms with Crippen molar-refractivity contribution in [1.29, 1.82) is 0 Å². The van der Waals surface area contributed by atoms with E-state index >= 15 is 0 Å². The van der Waals surface area contributed by atoms with E-state index < -0.39 is 0 Å². The molecular formula is C11H16. The molecular weight excluding hydrogens is 132 g/mol. The summed E-state index contributed by atoms with van der Waals surface area (Å²) in [5, 5.41) is 0. The molecule has 1 rings (SSSR count). The molecule has 0 radical (unpaired) electrons. The minimum atomic E-state index is 0.714. The summed E-state index contributed by atoms with van der Waals surface area (Å²) >= 11 is 0. The monoisotopic (exact) mass is 148 g/mol. The molecule has 0 aromatic rings. The van der Waals surface area contributed by atoms with E-state index in [2.05, 4.69) is 45.1 Å². The van der Waals surface area contributed by atoms with Crippen LogP contribution in [0.2, 0.25) is 0 Å². The number of hydrogen-bond donors (Lipinski definition) is 0. The highest BCUT2D eigenvalue weighted by molar-refractivity contribution is 5.33. The second-order valence-electron chi connectivity index (χ2n) is 3.31. The summed E-state index contributed by atoms with van der Waals surface area (Å²) in [5.41, 5.74) is 2.86. The Hall–Kier alpha value is -0.780. The van der Waals surface area contributed by atoms with E-state index in [0.717, 1.165) is 0 Å². The van der Waals surface area contributed by atoms with Crippen molar-refractivity contribution in [2.24, 2.45) is 5.92 Å². The SMILES string of the molecule is C/C=C\C1=CC(C)=CC(C)C1. The molecule has 0 aromatic carbocycles. The molecule has 1 unspecified atom stereocenters. The van der Waals surface area contributed by atoms with Gasteiger partial charge in [0.15, 0.2) is 0 Å². The summed E-state index contributed by atoms with van der Waals surface area (Å²) in [6, 6.07) is 0. The van der Waals surface area contributed by atoms with Gasteiger partial charge in [-0.15, -0.1) is 0 Å². The second kappa shape index (κ2) is 3.56. The van der Waals surface area contributed by atoms with E-state index in [9.17, 15) is 0 Å².